The maximum absolute atomic E-state index is 11.6. The number of H-pyrrole nitrogens is 2. The number of tetrazole rings is 2. The number of anilines is 2. The molecule has 0 fully saturated rings. The number of aromatic nitrogens is 8. The van der Waals surface area contributed by atoms with Gasteiger partial charge in [0.15, 0.2) is 0 Å². The number of urea groups is 2. The normalized spacial score (nSPS) is 11.3. The number of rotatable bonds is 6. The predicted octanol–water partition coefficient (Wildman–Crippen LogP) is -2.89. The lowest BCUT2D eigenvalue weighted by Gasteiger charge is -2.15. The van der Waals surface area contributed by atoms with Gasteiger partial charge in [0, 0.05) is 0 Å². The van der Waals surface area contributed by atoms with Gasteiger partial charge in [-0.25, -0.2) is 24.6 Å². The van der Waals surface area contributed by atoms with Crippen LogP contribution in [0.1, 0.15) is 0 Å². The van der Waals surface area contributed by atoms with E-state index in [-0.39, 0.29) is 11.9 Å². The van der Waals surface area contributed by atoms with Crippen molar-refractivity contribution in [2.45, 2.75) is 6.04 Å². The van der Waals surface area contributed by atoms with Crippen molar-refractivity contribution in [3.63, 3.8) is 0 Å². The van der Waals surface area contributed by atoms with Crippen LogP contribution in [0.15, 0.2) is 0 Å². The molecule has 16 heteroatoms. The first kappa shape index (κ1) is 15.5. The second-order valence-corrected chi connectivity index (χ2v) is 3.82. The van der Waals surface area contributed by atoms with Crippen LogP contribution in [0, 0.1) is 0 Å². The lowest BCUT2D eigenvalue weighted by atomic mass is 10.3. The van der Waals surface area contributed by atoms with E-state index < -0.39 is 30.6 Å². The molecule has 0 saturated heterocycles. The number of carbonyl (C=O) groups excluding carboxylic acids is 2. The highest BCUT2D eigenvalue weighted by Gasteiger charge is 2.21. The average Bonchev–Trinajstić information content (AvgIpc) is 3.16. The molecule has 7 N–H and O–H groups in total. The van der Waals surface area contributed by atoms with Crippen LogP contribution in [-0.2, 0) is 4.79 Å². The Morgan fingerprint density at radius 3 is 2.04 bits per heavy atom. The van der Waals surface area contributed by atoms with Gasteiger partial charge in [-0.1, -0.05) is 10.2 Å². The maximum atomic E-state index is 11.6. The molecule has 0 radical (unpaired) electrons. The highest BCUT2D eigenvalue weighted by molar-refractivity contribution is 5.91. The summed E-state index contributed by atoms with van der Waals surface area (Å²) in [5.74, 6) is -1.47. The van der Waals surface area contributed by atoms with Gasteiger partial charge < -0.3 is 15.7 Å². The van der Waals surface area contributed by atoms with Crippen molar-refractivity contribution >= 4 is 29.9 Å². The predicted molar refractivity (Wildman–Crippen MR) is 69.0 cm³/mol. The highest BCUT2D eigenvalue weighted by Crippen LogP contribution is 1.92. The number of hydrogen-bond donors (Lipinski definition) is 7. The fourth-order valence-electron chi connectivity index (χ4n) is 1.27. The molecule has 0 aliphatic rings. The summed E-state index contributed by atoms with van der Waals surface area (Å²) in [5, 5.41) is 42.0. The Balaban J connectivity index is 1.80. The maximum Gasteiger partial charge on any atom is 0.328 e. The largest absolute Gasteiger partial charge is 0.480 e. The van der Waals surface area contributed by atoms with Gasteiger partial charge in [-0.15, -0.1) is 0 Å². The molecule has 16 nitrogen and oxygen atoms in total. The van der Waals surface area contributed by atoms with Crippen LogP contribution in [0.5, 0.6) is 0 Å². The molecule has 2 aromatic rings. The Kier molecular flexibility index (Phi) is 4.89. The van der Waals surface area contributed by atoms with E-state index in [1.807, 2.05) is 0 Å². The minimum absolute atomic E-state index is 0.0297. The highest BCUT2D eigenvalue weighted by atomic mass is 16.4. The number of carboxylic acids is 1. The summed E-state index contributed by atoms with van der Waals surface area (Å²) < 4.78 is 0. The zero-order valence-electron chi connectivity index (χ0n) is 11.1. The van der Waals surface area contributed by atoms with E-state index in [0.29, 0.717) is 0 Å². The molecule has 1 atom stereocenters. The quantitative estimate of drug-likeness (QED) is 0.286. The molecular formula is C7H10N12O4. The molecule has 4 amide bonds. The minimum atomic E-state index is -1.40. The van der Waals surface area contributed by atoms with E-state index in [1.54, 1.807) is 0 Å². The van der Waals surface area contributed by atoms with Crippen molar-refractivity contribution in [1.82, 2.24) is 51.9 Å². The van der Waals surface area contributed by atoms with Gasteiger partial charge in [-0.2, -0.15) is 0 Å². The Hall–Kier alpha value is -3.85. The summed E-state index contributed by atoms with van der Waals surface area (Å²) in [7, 11) is 0. The van der Waals surface area contributed by atoms with Crippen molar-refractivity contribution in [2.75, 3.05) is 17.2 Å². The number of aliphatic carboxylic acids is 1. The standard InChI is InChI=1S/C7H10N12O4/c20-3(21)2(9-7(23)11-5-14-18-19-15-5)1-8-6(22)10-4-12-16-17-13-4/h2H,1H2,(H,20,21)(H3,8,10,12,13,16,17,22)(H3,9,11,14,15,18,19,23). The fourth-order valence-corrected chi connectivity index (χ4v) is 1.27. The summed E-state index contributed by atoms with van der Waals surface area (Å²) in [6, 6.07) is -3.04. The van der Waals surface area contributed by atoms with Crippen LogP contribution in [0.2, 0.25) is 0 Å². The number of carbonyl (C=O) groups is 3. The SMILES string of the molecule is O=C(NCC(NC(=O)Nc1nnn[nH]1)C(=O)O)Nc1nnn[nH]1. The summed E-state index contributed by atoms with van der Waals surface area (Å²) in [4.78, 5) is 34.1. The zero-order chi connectivity index (χ0) is 16.7. The fraction of sp³-hybridized carbons (Fsp3) is 0.286. The van der Waals surface area contributed by atoms with Gasteiger partial charge >= 0.3 is 18.0 Å². The minimum Gasteiger partial charge on any atom is -0.480 e. The molecule has 122 valence electrons. The van der Waals surface area contributed by atoms with E-state index >= 15 is 0 Å². The first-order valence-electron chi connectivity index (χ1n) is 5.87. The summed E-state index contributed by atoms with van der Waals surface area (Å²) in [6.45, 7) is -0.398. The Morgan fingerprint density at radius 1 is 1.00 bits per heavy atom. The third-order valence-electron chi connectivity index (χ3n) is 2.22. The van der Waals surface area contributed by atoms with Crippen LogP contribution in [0.4, 0.5) is 21.5 Å². The summed E-state index contributed by atoms with van der Waals surface area (Å²) in [6.07, 6.45) is 0. The van der Waals surface area contributed by atoms with Gasteiger partial charge in [-0.05, 0) is 20.9 Å². The number of amides is 4. The third kappa shape index (κ3) is 4.88. The number of hydrogen-bond acceptors (Lipinski definition) is 9. The van der Waals surface area contributed by atoms with Crippen LogP contribution in [0.25, 0.3) is 0 Å². The van der Waals surface area contributed by atoms with Crippen LogP contribution < -0.4 is 21.3 Å². The van der Waals surface area contributed by atoms with Crippen LogP contribution in [-0.4, -0.2) is 77.0 Å². The van der Waals surface area contributed by atoms with Crippen molar-refractivity contribution in [2.24, 2.45) is 0 Å². The second-order valence-electron chi connectivity index (χ2n) is 3.82. The molecule has 0 spiro atoms. The Labute approximate surface area is 125 Å². The van der Waals surface area contributed by atoms with Gasteiger partial charge in [-0.3, -0.25) is 10.6 Å². The van der Waals surface area contributed by atoms with Gasteiger partial charge in [0.1, 0.15) is 6.04 Å². The molecule has 0 saturated carbocycles. The van der Waals surface area contributed by atoms with Crippen molar-refractivity contribution < 1.29 is 19.5 Å². The molecule has 0 aliphatic heterocycles. The Morgan fingerprint density at radius 2 is 1.57 bits per heavy atom. The third-order valence-corrected chi connectivity index (χ3v) is 2.22. The van der Waals surface area contributed by atoms with E-state index in [4.69, 9.17) is 5.11 Å². The molecule has 23 heavy (non-hydrogen) atoms. The monoisotopic (exact) mass is 326 g/mol. The number of aromatic amines is 2. The first-order valence-corrected chi connectivity index (χ1v) is 5.87. The molecule has 2 aromatic heterocycles. The smallest absolute Gasteiger partial charge is 0.328 e. The number of carboxylic acid groups (broad SMARTS) is 1. The summed E-state index contributed by atoms with van der Waals surface area (Å²) >= 11 is 0. The van der Waals surface area contributed by atoms with Gasteiger partial charge in [0.2, 0.25) is 11.9 Å². The first-order chi connectivity index (χ1) is 11.0. The summed E-state index contributed by atoms with van der Waals surface area (Å²) in [5.41, 5.74) is 0. The molecule has 1 unspecified atom stereocenters. The van der Waals surface area contributed by atoms with Gasteiger partial charge in [0.25, 0.3) is 0 Å². The van der Waals surface area contributed by atoms with E-state index in [2.05, 4.69) is 62.5 Å². The second kappa shape index (κ2) is 7.24. The lowest BCUT2D eigenvalue weighted by molar-refractivity contribution is -0.138. The molecule has 0 aromatic carbocycles. The molecule has 0 aliphatic carbocycles. The van der Waals surface area contributed by atoms with Crippen molar-refractivity contribution in [1.29, 1.82) is 0 Å². The van der Waals surface area contributed by atoms with E-state index in [1.165, 1.54) is 0 Å². The van der Waals surface area contributed by atoms with Crippen molar-refractivity contribution in [3.8, 4) is 0 Å². The van der Waals surface area contributed by atoms with Crippen LogP contribution >= 0.6 is 0 Å². The van der Waals surface area contributed by atoms with Crippen LogP contribution in [0.3, 0.4) is 0 Å². The van der Waals surface area contributed by atoms with Gasteiger partial charge in [0.05, 0.1) is 6.54 Å². The van der Waals surface area contributed by atoms with E-state index in [9.17, 15) is 14.4 Å². The molecule has 2 heterocycles. The topological polar surface area (TPSA) is 228 Å². The molecule has 2 rings (SSSR count). The zero-order valence-corrected chi connectivity index (χ0v) is 11.1. The molecule has 0 bridgehead atoms. The number of nitrogens with zero attached hydrogens (tertiary/aromatic N) is 6. The Bertz CT molecular complexity index is 653. The number of nitrogens with one attached hydrogen (secondary N) is 6. The lowest BCUT2D eigenvalue weighted by Crippen LogP contribution is -2.50. The average molecular weight is 326 g/mol. The van der Waals surface area contributed by atoms with E-state index in [0.717, 1.165) is 0 Å². The van der Waals surface area contributed by atoms with Crippen molar-refractivity contribution in [3.05, 3.63) is 0 Å². The molecular weight excluding hydrogens is 316 g/mol.